The number of rotatable bonds is 3. The van der Waals surface area contributed by atoms with Crippen molar-refractivity contribution in [2.24, 2.45) is 0 Å². The average molecular weight is 371 g/mol. The SMILES string of the molecule is O=C(Cc1cccc(F)c1)N1CCC(c2cc3cc(Cl)ccc3[nH]2)CC1. The molecular weight excluding hydrogens is 351 g/mol. The zero-order valence-electron chi connectivity index (χ0n) is 14.3. The first kappa shape index (κ1) is 17.1. The smallest absolute Gasteiger partial charge is 0.226 e. The van der Waals surface area contributed by atoms with E-state index in [9.17, 15) is 9.18 Å². The number of fused-ring (bicyclic) bond motifs is 1. The number of halogens is 2. The normalized spacial score (nSPS) is 15.5. The van der Waals surface area contributed by atoms with Crippen LogP contribution < -0.4 is 0 Å². The number of aromatic amines is 1. The van der Waals surface area contributed by atoms with Gasteiger partial charge in [-0.2, -0.15) is 0 Å². The zero-order valence-corrected chi connectivity index (χ0v) is 15.1. The Balaban J connectivity index is 1.39. The van der Waals surface area contributed by atoms with E-state index < -0.39 is 0 Å². The maximum atomic E-state index is 13.3. The summed E-state index contributed by atoms with van der Waals surface area (Å²) >= 11 is 6.06. The van der Waals surface area contributed by atoms with E-state index in [1.807, 2.05) is 23.1 Å². The Morgan fingerprint density at radius 3 is 2.73 bits per heavy atom. The number of H-pyrrole nitrogens is 1. The first-order valence-corrected chi connectivity index (χ1v) is 9.27. The minimum absolute atomic E-state index is 0.0671. The predicted octanol–water partition coefficient (Wildman–Crippen LogP) is 4.91. The lowest BCUT2D eigenvalue weighted by molar-refractivity contribution is -0.131. The maximum absolute atomic E-state index is 13.3. The Morgan fingerprint density at radius 2 is 1.96 bits per heavy atom. The van der Waals surface area contributed by atoms with Crippen LogP contribution in [0.15, 0.2) is 48.5 Å². The number of nitrogens with one attached hydrogen (secondary N) is 1. The van der Waals surface area contributed by atoms with Crippen LogP contribution in [0.1, 0.15) is 30.0 Å². The van der Waals surface area contributed by atoms with Crippen molar-refractivity contribution in [2.45, 2.75) is 25.2 Å². The molecule has 3 nitrogen and oxygen atoms in total. The van der Waals surface area contributed by atoms with Crippen molar-refractivity contribution in [3.8, 4) is 0 Å². The third-order valence-electron chi connectivity index (χ3n) is 5.14. The molecule has 1 fully saturated rings. The zero-order chi connectivity index (χ0) is 18.1. The number of hydrogen-bond donors (Lipinski definition) is 1. The molecule has 3 aromatic rings. The Kier molecular flexibility index (Phi) is 4.68. The van der Waals surface area contributed by atoms with Crippen LogP contribution in [0.4, 0.5) is 4.39 Å². The molecule has 2 heterocycles. The summed E-state index contributed by atoms with van der Waals surface area (Å²) in [5, 5.41) is 1.86. The van der Waals surface area contributed by atoms with E-state index in [1.54, 1.807) is 12.1 Å². The average Bonchev–Trinajstić information content (AvgIpc) is 3.05. The van der Waals surface area contributed by atoms with Crippen molar-refractivity contribution in [1.29, 1.82) is 0 Å². The summed E-state index contributed by atoms with van der Waals surface area (Å²) in [6.07, 6.45) is 2.11. The number of carbonyl (C=O) groups is 1. The third-order valence-corrected chi connectivity index (χ3v) is 5.37. The lowest BCUT2D eigenvalue weighted by atomic mass is 9.93. The van der Waals surface area contributed by atoms with Crippen LogP contribution in [-0.4, -0.2) is 28.9 Å². The molecule has 1 amide bonds. The topological polar surface area (TPSA) is 36.1 Å². The molecule has 0 aliphatic carbocycles. The van der Waals surface area contributed by atoms with Crippen LogP contribution in [0.2, 0.25) is 5.02 Å². The molecule has 0 radical (unpaired) electrons. The highest BCUT2D eigenvalue weighted by molar-refractivity contribution is 6.31. The van der Waals surface area contributed by atoms with E-state index in [4.69, 9.17) is 11.6 Å². The maximum Gasteiger partial charge on any atom is 0.226 e. The number of carbonyl (C=O) groups excluding carboxylic acids is 1. The number of piperidine rings is 1. The van der Waals surface area contributed by atoms with Gasteiger partial charge in [0.2, 0.25) is 5.91 Å². The van der Waals surface area contributed by atoms with Crippen LogP contribution in [0.25, 0.3) is 10.9 Å². The van der Waals surface area contributed by atoms with E-state index in [2.05, 4.69) is 11.1 Å². The number of aromatic nitrogens is 1. The summed E-state index contributed by atoms with van der Waals surface area (Å²) in [7, 11) is 0. The van der Waals surface area contributed by atoms with Crippen molar-refractivity contribution < 1.29 is 9.18 Å². The van der Waals surface area contributed by atoms with Crippen LogP contribution >= 0.6 is 11.6 Å². The van der Waals surface area contributed by atoms with Gasteiger partial charge in [0.1, 0.15) is 5.82 Å². The summed E-state index contributed by atoms with van der Waals surface area (Å²) in [6, 6.07) is 14.3. The van der Waals surface area contributed by atoms with Gasteiger partial charge >= 0.3 is 0 Å². The second kappa shape index (κ2) is 7.12. The standard InChI is InChI=1S/C21H20ClFN2O/c22-17-4-5-19-16(12-17)13-20(24-19)15-6-8-25(9-7-15)21(26)11-14-2-1-3-18(23)10-14/h1-5,10,12-13,15,24H,6-9,11H2. The second-order valence-corrected chi connectivity index (χ2v) is 7.35. The quantitative estimate of drug-likeness (QED) is 0.698. The van der Waals surface area contributed by atoms with Gasteiger partial charge in [-0.3, -0.25) is 4.79 Å². The van der Waals surface area contributed by atoms with Crippen molar-refractivity contribution in [2.75, 3.05) is 13.1 Å². The molecule has 26 heavy (non-hydrogen) atoms. The fourth-order valence-electron chi connectivity index (χ4n) is 3.72. The van der Waals surface area contributed by atoms with E-state index in [1.165, 1.54) is 17.8 Å². The van der Waals surface area contributed by atoms with Crippen molar-refractivity contribution in [1.82, 2.24) is 9.88 Å². The largest absolute Gasteiger partial charge is 0.358 e. The van der Waals surface area contributed by atoms with Crippen molar-refractivity contribution >= 4 is 28.4 Å². The fraction of sp³-hybridized carbons (Fsp3) is 0.286. The molecule has 134 valence electrons. The molecule has 2 aromatic carbocycles. The Hall–Kier alpha value is -2.33. The van der Waals surface area contributed by atoms with Crippen LogP contribution in [0.3, 0.4) is 0 Å². The summed E-state index contributed by atoms with van der Waals surface area (Å²) < 4.78 is 13.3. The van der Waals surface area contributed by atoms with E-state index in [0.29, 0.717) is 5.92 Å². The van der Waals surface area contributed by atoms with Gasteiger partial charge in [-0.05, 0) is 54.8 Å². The van der Waals surface area contributed by atoms with Gasteiger partial charge in [0, 0.05) is 40.6 Å². The third kappa shape index (κ3) is 3.61. The Bertz CT molecular complexity index is 944. The minimum atomic E-state index is -0.298. The van der Waals surface area contributed by atoms with E-state index in [0.717, 1.165) is 47.4 Å². The highest BCUT2D eigenvalue weighted by atomic mass is 35.5. The predicted molar refractivity (Wildman–Crippen MR) is 102 cm³/mol. The first-order chi connectivity index (χ1) is 12.6. The molecule has 1 aliphatic heterocycles. The van der Waals surface area contributed by atoms with Gasteiger partial charge in [-0.15, -0.1) is 0 Å². The summed E-state index contributed by atoms with van der Waals surface area (Å²) in [5.74, 6) is 0.185. The van der Waals surface area contributed by atoms with Crippen LogP contribution in [0.5, 0.6) is 0 Å². The van der Waals surface area contributed by atoms with Gasteiger partial charge in [0.15, 0.2) is 0 Å². The number of likely N-dealkylation sites (tertiary alicyclic amines) is 1. The van der Waals surface area contributed by atoms with Crippen molar-refractivity contribution in [3.63, 3.8) is 0 Å². The Labute approximate surface area is 156 Å². The Morgan fingerprint density at radius 1 is 1.15 bits per heavy atom. The number of amides is 1. The van der Waals surface area contributed by atoms with Gasteiger partial charge in [0.25, 0.3) is 0 Å². The molecule has 0 bridgehead atoms. The van der Waals surface area contributed by atoms with E-state index in [-0.39, 0.29) is 18.1 Å². The van der Waals surface area contributed by atoms with E-state index >= 15 is 0 Å². The molecular formula is C21H20ClFN2O. The highest BCUT2D eigenvalue weighted by Crippen LogP contribution is 2.31. The molecule has 0 saturated carbocycles. The molecule has 1 N–H and O–H groups in total. The monoisotopic (exact) mass is 370 g/mol. The molecule has 0 unspecified atom stereocenters. The molecule has 4 rings (SSSR count). The molecule has 1 aliphatic rings. The lowest BCUT2D eigenvalue weighted by Gasteiger charge is -2.31. The molecule has 0 spiro atoms. The summed E-state index contributed by atoms with van der Waals surface area (Å²) in [4.78, 5) is 17.9. The van der Waals surface area contributed by atoms with Gasteiger partial charge in [-0.1, -0.05) is 23.7 Å². The second-order valence-electron chi connectivity index (χ2n) is 6.92. The molecule has 0 atom stereocenters. The molecule has 1 aromatic heterocycles. The van der Waals surface area contributed by atoms with Crippen LogP contribution in [0, 0.1) is 5.82 Å². The number of benzene rings is 2. The lowest BCUT2D eigenvalue weighted by Crippen LogP contribution is -2.38. The number of hydrogen-bond acceptors (Lipinski definition) is 1. The van der Waals surface area contributed by atoms with Gasteiger partial charge in [-0.25, -0.2) is 4.39 Å². The molecule has 5 heteroatoms. The fourth-order valence-corrected chi connectivity index (χ4v) is 3.90. The van der Waals surface area contributed by atoms with Gasteiger partial charge in [0.05, 0.1) is 6.42 Å². The first-order valence-electron chi connectivity index (χ1n) is 8.89. The van der Waals surface area contributed by atoms with Gasteiger partial charge < -0.3 is 9.88 Å². The molecule has 1 saturated heterocycles. The summed E-state index contributed by atoms with van der Waals surface area (Å²) in [6.45, 7) is 1.46. The minimum Gasteiger partial charge on any atom is -0.358 e. The van der Waals surface area contributed by atoms with Crippen molar-refractivity contribution in [3.05, 3.63) is 70.6 Å². The summed E-state index contributed by atoms with van der Waals surface area (Å²) in [5.41, 5.74) is 3.03. The number of nitrogens with zero attached hydrogens (tertiary/aromatic N) is 1. The van der Waals surface area contributed by atoms with Crippen LogP contribution in [-0.2, 0) is 11.2 Å². The highest BCUT2D eigenvalue weighted by Gasteiger charge is 2.25.